The molecule has 0 aliphatic carbocycles. The van der Waals surface area contributed by atoms with Crippen molar-refractivity contribution in [2.24, 2.45) is 0 Å². The number of rotatable bonds is 3. The van der Waals surface area contributed by atoms with Crippen molar-refractivity contribution in [3.63, 3.8) is 0 Å². The number of nitrogens with one attached hydrogen (secondary N) is 1. The van der Waals surface area contributed by atoms with Crippen LogP contribution < -0.4 is 10.1 Å². The summed E-state index contributed by atoms with van der Waals surface area (Å²) in [6.07, 6.45) is 0. The second-order valence-electron chi connectivity index (χ2n) is 4.03. The molecule has 2 rings (SSSR count). The molecule has 0 fully saturated rings. The highest BCUT2D eigenvalue weighted by Crippen LogP contribution is 2.32. The molecular formula is C15H11BrN2O2. The molecule has 1 amide bonds. The maximum Gasteiger partial charge on any atom is 0.221 e. The van der Waals surface area contributed by atoms with E-state index in [0.29, 0.717) is 22.7 Å². The van der Waals surface area contributed by atoms with Gasteiger partial charge in [0.25, 0.3) is 0 Å². The first-order valence-electron chi connectivity index (χ1n) is 5.84. The van der Waals surface area contributed by atoms with Crippen LogP contribution in [0.4, 0.5) is 5.69 Å². The van der Waals surface area contributed by atoms with Crippen molar-refractivity contribution in [3.8, 4) is 17.6 Å². The molecule has 0 atom stereocenters. The van der Waals surface area contributed by atoms with E-state index in [1.807, 2.05) is 0 Å². The van der Waals surface area contributed by atoms with Gasteiger partial charge in [-0.3, -0.25) is 4.79 Å². The van der Waals surface area contributed by atoms with Crippen LogP contribution in [0.5, 0.6) is 11.5 Å². The summed E-state index contributed by atoms with van der Waals surface area (Å²) in [5.74, 6) is 0.729. The van der Waals surface area contributed by atoms with Crippen LogP contribution in [0.1, 0.15) is 12.5 Å². The number of anilines is 1. The van der Waals surface area contributed by atoms with Crippen LogP contribution in [-0.4, -0.2) is 5.91 Å². The fraction of sp³-hybridized carbons (Fsp3) is 0.0667. The molecule has 0 unspecified atom stereocenters. The van der Waals surface area contributed by atoms with Gasteiger partial charge in [0.2, 0.25) is 5.91 Å². The van der Waals surface area contributed by atoms with Crippen molar-refractivity contribution in [3.05, 3.63) is 52.5 Å². The molecule has 4 nitrogen and oxygen atoms in total. The molecule has 1 N–H and O–H groups in total. The molecule has 2 aromatic rings. The normalized spacial score (nSPS) is 9.65. The fourth-order valence-corrected chi connectivity index (χ4v) is 1.98. The number of carbonyl (C=O) groups is 1. The van der Waals surface area contributed by atoms with Crippen LogP contribution in [0.2, 0.25) is 0 Å². The number of carbonyl (C=O) groups excluding carboxylic acids is 1. The Morgan fingerprint density at radius 2 is 2.00 bits per heavy atom. The van der Waals surface area contributed by atoms with Crippen LogP contribution in [0.25, 0.3) is 0 Å². The van der Waals surface area contributed by atoms with Gasteiger partial charge in [-0.05, 0) is 30.3 Å². The van der Waals surface area contributed by atoms with Gasteiger partial charge in [0.15, 0.2) is 5.75 Å². The third kappa shape index (κ3) is 3.37. The SMILES string of the molecule is CC(=O)Nc1ccccc1Oc1cc(Br)ccc1C#N. The average molecular weight is 331 g/mol. The van der Waals surface area contributed by atoms with Gasteiger partial charge in [0, 0.05) is 11.4 Å². The Bertz CT molecular complexity index is 693. The second-order valence-corrected chi connectivity index (χ2v) is 4.95. The summed E-state index contributed by atoms with van der Waals surface area (Å²) < 4.78 is 6.55. The quantitative estimate of drug-likeness (QED) is 0.922. The van der Waals surface area contributed by atoms with Crippen LogP contribution in [0, 0.1) is 11.3 Å². The maximum atomic E-state index is 11.2. The number of amides is 1. The lowest BCUT2D eigenvalue weighted by Gasteiger charge is -2.12. The Hall–Kier alpha value is -2.32. The number of nitrogens with zero attached hydrogens (tertiary/aromatic N) is 1. The summed E-state index contributed by atoms with van der Waals surface area (Å²) >= 11 is 3.34. The van der Waals surface area contributed by atoms with E-state index in [1.165, 1.54) is 6.92 Å². The first-order chi connectivity index (χ1) is 9.60. The number of ether oxygens (including phenoxy) is 1. The van der Waals surface area contributed by atoms with Gasteiger partial charge in [-0.2, -0.15) is 5.26 Å². The molecule has 0 saturated carbocycles. The standard InChI is InChI=1S/C15H11BrN2O2/c1-10(19)18-13-4-2-3-5-14(13)20-15-8-12(16)7-6-11(15)9-17/h2-8H,1H3,(H,18,19). The third-order valence-electron chi connectivity index (χ3n) is 2.48. The molecule has 0 spiro atoms. The van der Waals surface area contributed by atoms with Gasteiger partial charge in [0.1, 0.15) is 11.8 Å². The molecule has 20 heavy (non-hydrogen) atoms. The van der Waals surface area contributed by atoms with Crippen molar-refractivity contribution in [2.45, 2.75) is 6.92 Å². The van der Waals surface area contributed by atoms with E-state index < -0.39 is 0 Å². The molecular weight excluding hydrogens is 320 g/mol. The van der Waals surface area contributed by atoms with Crippen LogP contribution in [-0.2, 0) is 4.79 Å². The van der Waals surface area contributed by atoms with Gasteiger partial charge in [0.05, 0.1) is 11.3 Å². The highest BCUT2D eigenvalue weighted by Gasteiger charge is 2.09. The van der Waals surface area contributed by atoms with Gasteiger partial charge >= 0.3 is 0 Å². The Morgan fingerprint density at radius 3 is 2.70 bits per heavy atom. The Morgan fingerprint density at radius 1 is 1.25 bits per heavy atom. The summed E-state index contributed by atoms with van der Waals surface area (Å²) in [5.41, 5.74) is 0.981. The molecule has 0 aliphatic heterocycles. The topological polar surface area (TPSA) is 62.1 Å². The number of para-hydroxylation sites is 2. The number of nitriles is 1. The van der Waals surface area contributed by atoms with E-state index in [2.05, 4.69) is 27.3 Å². The second kappa shape index (κ2) is 6.22. The first kappa shape index (κ1) is 14.1. The molecule has 2 aromatic carbocycles. The number of benzene rings is 2. The van der Waals surface area contributed by atoms with Crippen molar-refractivity contribution in [2.75, 3.05) is 5.32 Å². The predicted molar refractivity (Wildman–Crippen MR) is 79.7 cm³/mol. The monoisotopic (exact) mass is 330 g/mol. The molecule has 0 bridgehead atoms. The van der Waals surface area contributed by atoms with Gasteiger partial charge in [-0.15, -0.1) is 0 Å². The zero-order valence-electron chi connectivity index (χ0n) is 10.7. The number of hydrogen-bond donors (Lipinski definition) is 1. The average Bonchev–Trinajstić information content (AvgIpc) is 2.41. The minimum Gasteiger partial charge on any atom is -0.454 e. The van der Waals surface area contributed by atoms with Crippen molar-refractivity contribution in [1.82, 2.24) is 0 Å². The fourth-order valence-electron chi connectivity index (χ4n) is 1.64. The van der Waals surface area contributed by atoms with E-state index in [0.717, 1.165) is 4.47 Å². The lowest BCUT2D eigenvalue weighted by Crippen LogP contribution is -2.06. The predicted octanol–water partition coefficient (Wildman–Crippen LogP) is 4.07. The zero-order valence-corrected chi connectivity index (χ0v) is 12.3. The van der Waals surface area contributed by atoms with Gasteiger partial charge in [-0.1, -0.05) is 28.1 Å². The Kier molecular flexibility index (Phi) is 4.38. The van der Waals surface area contributed by atoms with E-state index in [9.17, 15) is 4.79 Å². The summed E-state index contributed by atoms with van der Waals surface area (Å²) in [7, 11) is 0. The molecule has 5 heteroatoms. The van der Waals surface area contributed by atoms with E-state index >= 15 is 0 Å². The summed E-state index contributed by atoms with van der Waals surface area (Å²) in [5, 5.41) is 11.8. The highest BCUT2D eigenvalue weighted by atomic mass is 79.9. The summed E-state index contributed by atoms with van der Waals surface area (Å²) in [4.78, 5) is 11.2. The van der Waals surface area contributed by atoms with Crippen molar-refractivity contribution < 1.29 is 9.53 Å². The lowest BCUT2D eigenvalue weighted by molar-refractivity contribution is -0.114. The molecule has 0 aliphatic rings. The van der Waals surface area contributed by atoms with E-state index in [1.54, 1.807) is 42.5 Å². The largest absolute Gasteiger partial charge is 0.454 e. The van der Waals surface area contributed by atoms with Crippen LogP contribution in [0.15, 0.2) is 46.9 Å². The van der Waals surface area contributed by atoms with Crippen LogP contribution >= 0.6 is 15.9 Å². The summed E-state index contributed by atoms with van der Waals surface area (Å²) in [6, 6.07) is 14.3. The zero-order chi connectivity index (χ0) is 14.5. The Balaban J connectivity index is 2.38. The third-order valence-corrected chi connectivity index (χ3v) is 2.98. The first-order valence-corrected chi connectivity index (χ1v) is 6.63. The smallest absolute Gasteiger partial charge is 0.221 e. The van der Waals surface area contributed by atoms with E-state index in [4.69, 9.17) is 10.00 Å². The molecule has 0 saturated heterocycles. The molecule has 0 aromatic heterocycles. The minimum atomic E-state index is -0.184. The summed E-state index contributed by atoms with van der Waals surface area (Å²) in [6.45, 7) is 1.43. The lowest BCUT2D eigenvalue weighted by atomic mass is 10.2. The van der Waals surface area contributed by atoms with Crippen LogP contribution in [0.3, 0.4) is 0 Å². The van der Waals surface area contributed by atoms with Crippen molar-refractivity contribution >= 4 is 27.5 Å². The molecule has 100 valence electrons. The molecule has 0 radical (unpaired) electrons. The van der Waals surface area contributed by atoms with Crippen molar-refractivity contribution in [1.29, 1.82) is 5.26 Å². The Labute approximate surface area is 125 Å². The highest BCUT2D eigenvalue weighted by molar-refractivity contribution is 9.10. The van der Waals surface area contributed by atoms with Gasteiger partial charge < -0.3 is 10.1 Å². The number of hydrogen-bond acceptors (Lipinski definition) is 3. The molecule has 0 heterocycles. The van der Waals surface area contributed by atoms with Gasteiger partial charge in [-0.25, -0.2) is 0 Å². The maximum absolute atomic E-state index is 11.2. The minimum absolute atomic E-state index is 0.184. The number of halogens is 1. The van der Waals surface area contributed by atoms with E-state index in [-0.39, 0.29) is 5.91 Å².